The second-order valence-electron chi connectivity index (χ2n) is 5.15. The number of rotatable bonds is 5. The molecule has 1 atom stereocenters. The van der Waals surface area contributed by atoms with Crippen molar-refractivity contribution in [2.45, 2.75) is 25.5 Å². The number of nitrogens with zero attached hydrogens (tertiary/aromatic N) is 3. The van der Waals surface area contributed by atoms with Crippen LogP contribution in [0, 0.1) is 0 Å². The van der Waals surface area contributed by atoms with E-state index in [2.05, 4.69) is 20.8 Å². The van der Waals surface area contributed by atoms with Crippen LogP contribution in [0.25, 0.3) is 5.69 Å². The van der Waals surface area contributed by atoms with Crippen molar-refractivity contribution in [3.63, 3.8) is 0 Å². The normalized spacial score (nSPS) is 17.4. The third kappa shape index (κ3) is 3.62. The van der Waals surface area contributed by atoms with Crippen molar-refractivity contribution >= 4 is 6.03 Å². The Morgan fingerprint density at radius 2 is 2.18 bits per heavy atom. The molecule has 116 valence electrons. The monoisotopic (exact) mass is 301 g/mol. The van der Waals surface area contributed by atoms with E-state index in [1.165, 1.54) is 0 Å². The molecule has 0 radical (unpaired) electrons. The third-order valence-electron chi connectivity index (χ3n) is 3.57. The number of carbonyl (C=O) groups is 1. The van der Waals surface area contributed by atoms with Gasteiger partial charge in [0, 0.05) is 18.8 Å². The van der Waals surface area contributed by atoms with Gasteiger partial charge in [-0.1, -0.05) is 18.2 Å². The van der Waals surface area contributed by atoms with Crippen LogP contribution < -0.4 is 10.6 Å². The number of amides is 2. The molecule has 0 bridgehead atoms. The lowest BCUT2D eigenvalue weighted by Gasteiger charge is -2.12. The van der Waals surface area contributed by atoms with Crippen molar-refractivity contribution in [3.05, 3.63) is 42.5 Å². The molecule has 3 rings (SSSR count). The summed E-state index contributed by atoms with van der Waals surface area (Å²) in [5.74, 6) is 0.679. The van der Waals surface area contributed by atoms with Crippen LogP contribution in [-0.4, -0.2) is 40.1 Å². The summed E-state index contributed by atoms with van der Waals surface area (Å²) in [7, 11) is 0. The lowest BCUT2D eigenvalue weighted by atomic mass is 10.2. The van der Waals surface area contributed by atoms with E-state index in [9.17, 15) is 4.79 Å². The van der Waals surface area contributed by atoms with Gasteiger partial charge >= 0.3 is 6.03 Å². The molecule has 1 saturated heterocycles. The van der Waals surface area contributed by atoms with Crippen molar-refractivity contribution in [2.75, 3.05) is 13.2 Å². The fourth-order valence-corrected chi connectivity index (χ4v) is 2.42. The van der Waals surface area contributed by atoms with Crippen LogP contribution >= 0.6 is 0 Å². The summed E-state index contributed by atoms with van der Waals surface area (Å²) in [6.07, 6.45) is 3.84. The topological polar surface area (TPSA) is 81.1 Å². The Kier molecular flexibility index (Phi) is 4.65. The van der Waals surface area contributed by atoms with E-state index >= 15 is 0 Å². The first-order valence-corrected chi connectivity index (χ1v) is 7.40. The number of carbonyl (C=O) groups excluding carboxylic acids is 1. The molecule has 0 spiro atoms. The van der Waals surface area contributed by atoms with Crippen LogP contribution in [0.15, 0.2) is 36.7 Å². The third-order valence-corrected chi connectivity index (χ3v) is 3.57. The number of ether oxygens (including phenoxy) is 1. The largest absolute Gasteiger partial charge is 0.376 e. The van der Waals surface area contributed by atoms with Gasteiger partial charge in [0.1, 0.15) is 6.33 Å². The van der Waals surface area contributed by atoms with Crippen LogP contribution in [0.3, 0.4) is 0 Å². The van der Waals surface area contributed by atoms with Gasteiger partial charge in [-0.2, -0.15) is 0 Å². The number of aromatic nitrogens is 3. The SMILES string of the molecule is O=C(NCc1nncn1-c1ccccc1)NCC1CCCO1. The standard InChI is InChI=1S/C15H19N5O2/c21-15(16-9-13-7-4-8-22-13)17-10-14-19-18-11-20(14)12-5-2-1-3-6-12/h1-3,5-6,11,13H,4,7-10H2,(H2,16,17,21). The Morgan fingerprint density at radius 3 is 2.95 bits per heavy atom. The van der Waals surface area contributed by atoms with E-state index in [1.807, 2.05) is 34.9 Å². The Hall–Kier alpha value is -2.41. The predicted octanol–water partition coefficient (Wildman–Crippen LogP) is 1.25. The highest BCUT2D eigenvalue weighted by molar-refractivity contribution is 5.73. The Balaban J connectivity index is 1.51. The summed E-state index contributed by atoms with van der Waals surface area (Å²) in [6, 6.07) is 9.54. The average Bonchev–Trinajstić information content (AvgIpc) is 3.23. The maximum atomic E-state index is 11.8. The van der Waals surface area contributed by atoms with Gasteiger partial charge in [0.15, 0.2) is 5.82 Å². The van der Waals surface area contributed by atoms with E-state index in [1.54, 1.807) is 6.33 Å². The zero-order chi connectivity index (χ0) is 15.2. The molecule has 0 aliphatic carbocycles. The number of hydrogen-bond donors (Lipinski definition) is 2. The number of nitrogens with one attached hydrogen (secondary N) is 2. The minimum absolute atomic E-state index is 0.138. The summed E-state index contributed by atoms with van der Waals surface area (Å²) >= 11 is 0. The maximum absolute atomic E-state index is 11.8. The van der Waals surface area contributed by atoms with Crippen LogP contribution in [-0.2, 0) is 11.3 Å². The lowest BCUT2D eigenvalue weighted by Crippen LogP contribution is -2.39. The molecule has 7 heteroatoms. The predicted molar refractivity (Wildman–Crippen MR) is 80.6 cm³/mol. The van der Waals surface area contributed by atoms with E-state index in [0.29, 0.717) is 18.9 Å². The van der Waals surface area contributed by atoms with E-state index < -0.39 is 0 Å². The molecule has 1 unspecified atom stereocenters. The highest BCUT2D eigenvalue weighted by Gasteiger charge is 2.16. The molecule has 2 aromatic rings. The molecule has 1 aromatic heterocycles. The molecular weight excluding hydrogens is 282 g/mol. The van der Waals surface area contributed by atoms with Gasteiger partial charge in [-0.15, -0.1) is 10.2 Å². The van der Waals surface area contributed by atoms with Gasteiger partial charge in [0.25, 0.3) is 0 Å². The second-order valence-corrected chi connectivity index (χ2v) is 5.15. The minimum atomic E-state index is -0.224. The van der Waals surface area contributed by atoms with Gasteiger partial charge in [0.2, 0.25) is 0 Å². The molecule has 1 aromatic carbocycles. The molecule has 1 fully saturated rings. The fraction of sp³-hybridized carbons (Fsp3) is 0.400. The van der Waals surface area contributed by atoms with Gasteiger partial charge in [-0.05, 0) is 25.0 Å². The number of benzene rings is 1. The van der Waals surface area contributed by atoms with Gasteiger partial charge in [0.05, 0.1) is 12.6 Å². The van der Waals surface area contributed by atoms with Gasteiger partial charge in [-0.3, -0.25) is 4.57 Å². The summed E-state index contributed by atoms with van der Waals surface area (Å²) < 4.78 is 7.31. The number of hydrogen-bond acceptors (Lipinski definition) is 4. The Morgan fingerprint density at radius 1 is 1.32 bits per heavy atom. The Bertz CT molecular complexity index is 607. The fourth-order valence-electron chi connectivity index (χ4n) is 2.42. The lowest BCUT2D eigenvalue weighted by molar-refractivity contribution is 0.111. The highest BCUT2D eigenvalue weighted by Crippen LogP contribution is 2.10. The summed E-state index contributed by atoms with van der Waals surface area (Å²) in [5, 5.41) is 13.6. The van der Waals surface area contributed by atoms with E-state index in [0.717, 1.165) is 25.1 Å². The quantitative estimate of drug-likeness (QED) is 0.871. The molecule has 1 aliphatic rings. The maximum Gasteiger partial charge on any atom is 0.315 e. The van der Waals surface area contributed by atoms with Crippen LogP contribution in [0.5, 0.6) is 0 Å². The molecule has 2 N–H and O–H groups in total. The summed E-state index contributed by atoms with van der Waals surface area (Å²) in [4.78, 5) is 11.8. The van der Waals surface area contributed by atoms with Crippen molar-refractivity contribution in [2.24, 2.45) is 0 Å². The van der Waals surface area contributed by atoms with Crippen LogP contribution in [0.4, 0.5) is 4.79 Å². The minimum Gasteiger partial charge on any atom is -0.376 e. The van der Waals surface area contributed by atoms with Crippen LogP contribution in [0.2, 0.25) is 0 Å². The Labute approximate surface area is 128 Å². The molecular formula is C15H19N5O2. The van der Waals surface area contributed by atoms with Gasteiger partial charge < -0.3 is 15.4 Å². The molecule has 22 heavy (non-hydrogen) atoms. The first-order chi connectivity index (χ1) is 10.8. The van der Waals surface area contributed by atoms with Crippen molar-refractivity contribution in [1.82, 2.24) is 25.4 Å². The second kappa shape index (κ2) is 7.04. The van der Waals surface area contributed by atoms with Crippen molar-refractivity contribution < 1.29 is 9.53 Å². The summed E-state index contributed by atoms with van der Waals surface area (Å²) in [6.45, 7) is 1.64. The van der Waals surface area contributed by atoms with Gasteiger partial charge in [-0.25, -0.2) is 4.79 Å². The smallest absolute Gasteiger partial charge is 0.315 e. The number of para-hydroxylation sites is 1. The average molecular weight is 301 g/mol. The molecule has 2 heterocycles. The zero-order valence-electron chi connectivity index (χ0n) is 12.2. The number of urea groups is 1. The molecule has 0 saturated carbocycles. The first-order valence-electron chi connectivity index (χ1n) is 7.40. The van der Waals surface area contributed by atoms with Crippen LogP contribution in [0.1, 0.15) is 18.7 Å². The first kappa shape index (κ1) is 14.5. The van der Waals surface area contributed by atoms with E-state index in [-0.39, 0.29) is 12.1 Å². The summed E-state index contributed by atoms with van der Waals surface area (Å²) in [5.41, 5.74) is 0.962. The molecule has 7 nitrogen and oxygen atoms in total. The molecule has 2 amide bonds. The highest BCUT2D eigenvalue weighted by atomic mass is 16.5. The van der Waals surface area contributed by atoms with E-state index in [4.69, 9.17) is 4.74 Å². The van der Waals surface area contributed by atoms with Crippen molar-refractivity contribution in [1.29, 1.82) is 0 Å². The molecule has 1 aliphatic heterocycles. The zero-order valence-corrected chi connectivity index (χ0v) is 12.2. The van der Waals surface area contributed by atoms with Crippen molar-refractivity contribution in [3.8, 4) is 5.69 Å².